The summed E-state index contributed by atoms with van der Waals surface area (Å²) < 4.78 is 10.5. The van der Waals surface area contributed by atoms with Crippen molar-refractivity contribution in [2.24, 2.45) is 5.92 Å². The first-order valence-electron chi connectivity index (χ1n) is 12.8. The Morgan fingerprint density at radius 3 is 2.63 bits per heavy atom. The molecule has 9 nitrogen and oxygen atoms in total. The molecule has 1 aromatic heterocycles. The average molecular weight is 557 g/mol. The number of hydrogen-bond acceptors (Lipinski definition) is 9. The molecular formula is C27H32N4O5S2. The summed E-state index contributed by atoms with van der Waals surface area (Å²) in [5.74, 6) is -1.29. The molecule has 2 amide bonds. The molecule has 1 fully saturated rings. The van der Waals surface area contributed by atoms with Crippen LogP contribution in [0.15, 0.2) is 24.3 Å². The second-order valence-corrected chi connectivity index (χ2v) is 11.5. The lowest BCUT2D eigenvalue weighted by Gasteiger charge is -2.35. The highest BCUT2D eigenvalue weighted by Gasteiger charge is 2.39. The topological polar surface area (TPSA) is 130 Å². The quantitative estimate of drug-likeness (QED) is 0.393. The molecule has 0 radical (unpaired) electrons. The van der Waals surface area contributed by atoms with Crippen molar-refractivity contribution in [3.8, 4) is 11.8 Å². The first-order chi connectivity index (χ1) is 18.4. The van der Waals surface area contributed by atoms with Crippen molar-refractivity contribution in [2.75, 3.05) is 19.0 Å². The molecular weight excluding hydrogens is 524 g/mol. The van der Waals surface area contributed by atoms with Gasteiger partial charge in [0.2, 0.25) is 11.8 Å². The molecule has 1 aromatic carbocycles. The van der Waals surface area contributed by atoms with Crippen LogP contribution in [0.2, 0.25) is 0 Å². The summed E-state index contributed by atoms with van der Waals surface area (Å²) in [7, 11) is 1.57. The van der Waals surface area contributed by atoms with E-state index in [2.05, 4.69) is 22.0 Å². The van der Waals surface area contributed by atoms with Crippen molar-refractivity contribution in [1.29, 1.82) is 5.26 Å². The summed E-state index contributed by atoms with van der Waals surface area (Å²) in [5, 5.41) is 18.8. The molecule has 202 valence electrons. The second-order valence-electron chi connectivity index (χ2n) is 9.07. The molecule has 0 saturated carbocycles. The number of esters is 1. The van der Waals surface area contributed by atoms with Crippen LogP contribution in [0.3, 0.4) is 0 Å². The molecule has 4 rings (SSSR count). The van der Waals surface area contributed by atoms with E-state index >= 15 is 0 Å². The van der Waals surface area contributed by atoms with E-state index in [9.17, 15) is 19.6 Å². The Kier molecular flexibility index (Phi) is 9.31. The van der Waals surface area contributed by atoms with E-state index in [0.29, 0.717) is 22.7 Å². The van der Waals surface area contributed by atoms with Crippen LogP contribution in [0.1, 0.15) is 65.5 Å². The number of nitrogens with one attached hydrogen (secondary N) is 3. The summed E-state index contributed by atoms with van der Waals surface area (Å²) in [6.45, 7) is 3.92. The van der Waals surface area contributed by atoms with Crippen molar-refractivity contribution < 1.29 is 23.9 Å². The zero-order chi connectivity index (χ0) is 27.2. The van der Waals surface area contributed by atoms with Gasteiger partial charge >= 0.3 is 5.97 Å². The lowest BCUT2D eigenvalue weighted by atomic mass is 9.92. The van der Waals surface area contributed by atoms with Crippen LogP contribution in [-0.4, -0.2) is 42.2 Å². The normalized spacial score (nSPS) is 21.4. The Morgan fingerprint density at radius 1 is 1.24 bits per heavy atom. The fraction of sp³-hybridized carbons (Fsp3) is 0.481. The van der Waals surface area contributed by atoms with E-state index < -0.39 is 34.6 Å². The summed E-state index contributed by atoms with van der Waals surface area (Å²) in [6.07, 6.45) is 4.25. The second kappa shape index (κ2) is 12.7. The fourth-order valence-electron chi connectivity index (χ4n) is 4.75. The highest BCUT2D eigenvalue weighted by Crippen LogP contribution is 2.39. The van der Waals surface area contributed by atoms with Crippen LogP contribution in [0.25, 0.3) is 0 Å². The smallest absolute Gasteiger partial charge is 0.341 e. The number of aryl methyl sites for hydroxylation is 1. The molecule has 1 aliphatic heterocycles. The number of thioether (sulfide) groups is 1. The first-order valence-corrected chi connectivity index (χ1v) is 14.5. The monoisotopic (exact) mass is 556 g/mol. The molecule has 0 spiro atoms. The number of carbonyl (C=O) groups is 3. The predicted molar refractivity (Wildman–Crippen MR) is 147 cm³/mol. The van der Waals surface area contributed by atoms with Gasteiger partial charge in [0, 0.05) is 4.88 Å². The fourth-order valence-corrected chi connectivity index (χ4v) is 7.14. The summed E-state index contributed by atoms with van der Waals surface area (Å²) in [5.41, 5.74) is 1.65. The Labute approximate surface area is 230 Å². The highest BCUT2D eigenvalue weighted by molar-refractivity contribution is 8.01. The van der Waals surface area contributed by atoms with Crippen LogP contribution in [0.4, 0.5) is 5.00 Å². The number of carbonyl (C=O) groups excluding carboxylic acids is 3. The third-order valence-electron chi connectivity index (χ3n) is 6.69. The van der Waals surface area contributed by atoms with Gasteiger partial charge < -0.3 is 20.1 Å². The number of thiophene rings is 1. The number of amides is 2. The van der Waals surface area contributed by atoms with Gasteiger partial charge in [-0.1, -0.05) is 19.1 Å². The standard InChI is InChI=1S/C27H32N4O5S2/c1-4-19(24(33)30-25-21(26(34)36-5-2)17-8-6-7-9-20(17)37-25)38-27-29-22(18(14-28)23(32)31-27)15-10-12-16(35-3)13-11-15/h10-13,18-19,22,27,29H,4-9H2,1-3H3,(H,30,33)(H,31,32). The van der Waals surface area contributed by atoms with Crippen LogP contribution in [0.5, 0.6) is 5.75 Å². The summed E-state index contributed by atoms with van der Waals surface area (Å²) in [4.78, 5) is 40.1. The predicted octanol–water partition coefficient (Wildman–Crippen LogP) is 4.15. The van der Waals surface area contributed by atoms with Gasteiger partial charge in [-0.25, -0.2) is 4.79 Å². The minimum Gasteiger partial charge on any atom is -0.497 e. The number of benzene rings is 1. The van der Waals surface area contributed by atoms with Crippen molar-refractivity contribution >= 4 is 45.9 Å². The van der Waals surface area contributed by atoms with Crippen molar-refractivity contribution in [2.45, 2.75) is 62.7 Å². The third kappa shape index (κ3) is 5.98. The molecule has 1 aliphatic carbocycles. The number of hydrogen-bond donors (Lipinski definition) is 3. The maximum atomic E-state index is 13.4. The van der Waals surface area contributed by atoms with Crippen LogP contribution >= 0.6 is 23.1 Å². The number of anilines is 1. The van der Waals surface area contributed by atoms with E-state index in [1.807, 2.05) is 19.1 Å². The SMILES string of the molecule is CCOC(=O)c1c(NC(=O)C(CC)SC2NC(=O)C(C#N)C(c3ccc(OC)cc3)N2)sc2c1CCCC2. The van der Waals surface area contributed by atoms with Crippen LogP contribution in [-0.2, 0) is 27.2 Å². The van der Waals surface area contributed by atoms with Crippen LogP contribution in [0, 0.1) is 17.2 Å². The largest absolute Gasteiger partial charge is 0.497 e. The third-order valence-corrected chi connectivity index (χ3v) is 9.29. The molecule has 2 aliphatic rings. The Morgan fingerprint density at radius 2 is 1.97 bits per heavy atom. The number of nitriles is 1. The Balaban J connectivity index is 1.50. The first kappa shape index (κ1) is 28.0. The summed E-state index contributed by atoms with van der Waals surface area (Å²) in [6, 6.07) is 8.75. The van der Waals surface area contributed by atoms with E-state index in [-0.39, 0.29) is 12.5 Å². The maximum absolute atomic E-state index is 13.4. The van der Waals surface area contributed by atoms with Gasteiger partial charge in [0.05, 0.1) is 36.6 Å². The van der Waals surface area contributed by atoms with Crippen molar-refractivity contribution in [3.63, 3.8) is 0 Å². The van der Waals surface area contributed by atoms with Gasteiger partial charge in [-0.3, -0.25) is 14.9 Å². The average Bonchev–Trinajstić information content (AvgIpc) is 3.29. The zero-order valence-corrected chi connectivity index (χ0v) is 23.3. The van der Waals surface area contributed by atoms with Gasteiger partial charge in [0.25, 0.3) is 0 Å². The van der Waals surface area contributed by atoms with Gasteiger partial charge in [0.15, 0.2) is 0 Å². The molecule has 3 N–H and O–H groups in total. The minimum atomic E-state index is -0.918. The molecule has 11 heteroatoms. The number of rotatable bonds is 9. The van der Waals surface area contributed by atoms with E-state index in [4.69, 9.17) is 9.47 Å². The highest BCUT2D eigenvalue weighted by atomic mass is 32.2. The number of methoxy groups -OCH3 is 1. The molecule has 4 atom stereocenters. The van der Waals surface area contributed by atoms with Crippen molar-refractivity contribution in [1.82, 2.24) is 10.6 Å². The number of nitrogens with zero attached hydrogens (tertiary/aromatic N) is 1. The van der Waals surface area contributed by atoms with Gasteiger partial charge in [-0.05, 0) is 62.3 Å². The number of ether oxygens (including phenoxy) is 2. The maximum Gasteiger partial charge on any atom is 0.341 e. The van der Waals surface area contributed by atoms with Crippen LogP contribution < -0.4 is 20.7 Å². The van der Waals surface area contributed by atoms with E-state index in [0.717, 1.165) is 41.7 Å². The van der Waals surface area contributed by atoms with Gasteiger partial charge in [0.1, 0.15) is 22.2 Å². The lowest BCUT2D eigenvalue weighted by Crippen LogP contribution is -2.56. The van der Waals surface area contributed by atoms with Crippen molar-refractivity contribution in [3.05, 3.63) is 45.8 Å². The van der Waals surface area contributed by atoms with Gasteiger partial charge in [-0.15, -0.1) is 23.1 Å². The molecule has 2 aromatic rings. The molecule has 2 heterocycles. The number of fused-ring (bicyclic) bond motifs is 1. The molecule has 4 unspecified atom stereocenters. The Bertz CT molecular complexity index is 1220. The lowest BCUT2D eigenvalue weighted by molar-refractivity contribution is -0.126. The zero-order valence-electron chi connectivity index (χ0n) is 21.7. The molecule has 1 saturated heterocycles. The summed E-state index contributed by atoms with van der Waals surface area (Å²) >= 11 is 2.72. The van der Waals surface area contributed by atoms with E-state index in [1.165, 1.54) is 23.1 Å². The Hall–Kier alpha value is -3.07. The molecule has 38 heavy (non-hydrogen) atoms. The van der Waals surface area contributed by atoms with Gasteiger partial charge in [-0.2, -0.15) is 5.26 Å². The molecule has 0 bridgehead atoms. The van der Waals surface area contributed by atoms with E-state index in [1.54, 1.807) is 26.2 Å². The minimum absolute atomic E-state index is 0.249.